The lowest BCUT2D eigenvalue weighted by Gasteiger charge is -1.64. The van der Waals surface area contributed by atoms with Gasteiger partial charge in [0.05, 0.1) is 0 Å². The fourth-order valence-corrected chi connectivity index (χ4v) is 0.422. The molecule has 7 heavy (non-hydrogen) atoms. The molecule has 0 aromatic carbocycles. The van der Waals surface area contributed by atoms with Crippen molar-refractivity contribution in [3.05, 3.63) is 24.8 Å². The summed E-state index contributed by atoms with van der Waals surface area (Å²) in [4.78, 5) is 5.83. The van der Waals surface area contributed by atoms with Crippen molar-refractivity contribution in [2.75, 3.05) is 0 Å². The lowest BCUT2D eigenvalue weighted by Crippen LogP contribution is -1.98. The van der Waals surface area contributed by atoms with Gasteiger partial charge in [0.2, 0.25) is 0 Å². The van der Waals surface area contributed by atoms with Crippen LogP contribution in [0.15, 0.2) is 19.0 Å². The predicted octanol–water partition coefficient (Wildman–Crippen LogP) is 0.472. The molecule has 36 valence electrons. The van der Waals surface area contributed by atoms with Crippen molar-refractivity contribution < 1.29 is 4.98 Å². The summed E-state index contributed by atoms with van der Waals surface area (Å²) < 4.78 is 0. The fourth-order valence-electron chi connectivity index (χ4n) is 0.422. The second-order valence-corrected chi connectivity index (χ2v) is 1.24. The summed E-state index contributed by atoms with van der Waals surface area (Å²) >= 11 is 0. The molecular weight excluding hydrogens is 88.1 g/mol. The standard InChI is InChI=1S/C5H6N2/c1-2-5-6-3-4-7-5/h2-4H,1H2,(H,6,7)/p+1. The highest BCUT2D eigenvalue weighted by Crippen LogP contribution is 1.79. The van der Waals surface area contributed by atoms with Crippen LogP contribution in [-0.4, -0.2) is 4.98 Å². The van der Waals surface area contributed by atoms with Gasteiger partial charge in [0.1, 0.15) is 12.4 Å². The Bertz CT molecular complexity index is 141. The molecule has 0 aliphatic carbocycles. The van der Waals surface area contributed by atoms with Gasteiger partial charge in [-0.15, -0.1) is 0 Å². The van der Waals surface area contributed by atoms with Gasteiger partial charge in [-0.05, 0) is 0 Å². The van der Waals surface area contributed by atoms with Crippen molar-refractivity contribution >= 4 is 6.08 Å². The van der Waals surface area contributed by atoms with E-state index in [2.05, 4.69) is 16.5 Å². The third kappa shape index (κ3) is 0.682. The van der Waals surface area contributed by atoms with Crippen LogP contribution < -0.4 is 4.98 Å². The minimum atomic E-state index is 0.944. The van der Waals surface area contributed by atoms with E-state index < -0.39 is 0 Å². The first-order valence-corrected chi connectivity index (χ1v) is 2.11. The fraction of sp³-hybridized carbons (Fsp3) is 0. The van der Waals surface area contributed by atoms with Gasteiger partial charge in [0, 0.05) is 6.08 Å². The Morgan fingerprint density at radius 3 is 3.00 bits per heavy atom. The number of aromatic amines is 2. The highest BCUT2D eigenvalue weighted by molar-refractivity contribution is 5.30. The van der Waals surface area contributed by atoms with Gasteiger partial charge in [0.15, 0.2) is 0 Å². The molecule has 0 amide bonds. The van der Waals surface area contributed by atoms with E-state index in [0.29, 0.717) is 0 Å². The first-order chi connectivity index (χ1) is 3.43. The molecule has 0 spiro atoms. The molecule has 1 aromatic heterocycles. The molecule has 0 radical (unpaired) electrons. The summed E-state index contributed by atoms with van der Waals surface area (Å²) in [6.07, 6.45) is 5.36. The van der Waals surface area contributed by atoms with Crippen LogP contribution in [0.5, 0.6) is 0 Å². The van der Waals surface area contributed by atoms with E-state index >= 15 is 0 Å². The second kappa shape index (κ2) is 1.60. The number of H-pyrrole nitrogens is 2. The van der Waals surface area contributed by atoms with E-state index in [9.17, 15) is 0 Å². The molecule has 0 saturated carbocycles. The Kier molecular flexibility index (Phi) is 0.941. The Hall–Kier alpha value is -1.05. The van der Waals surface area contributed by atoms with E-state index in [-0.39, 0.29) is 0 Å². The number of nitrogens with one attached hydrogen (secondary N) is 2. The van der Waals surface area contributed by atoms with Crippen LogP contribution in [0, 0.1) is 0 Å². The van der Waals surface area contributed by atoms with Crippen LogP contribution >= 0.6 is 0 Å². The molecule has 0 atom stereocenters. The van der Waals surface area contributed by atoms with Crippen LogP contribution in [0.25, 0.3) is 6.08 Å². The minimum Gasteiger partial charge on any atom is -0.244 e. The van der Waals surface area contributed by atoms with E-state index in [1.54, 1.807) is 6.08 Å². The smallest absolute Gasteiger partial charge is 0.244 e. The normalized spacial score (nSPS) is 8.57. The molecule has 0 fully saturated rings. The molecule has 2 nitrogen and oxygen atoms in total. The molecule has 0 aliphatic rings. The molecular formula is C5H7N2+. The highest BCUT2D eigenvalue weighted by Gasteiger charge is 1.87. The molecule has 0 unspecified atom stereocenters. The number of rotatable bonds is 1. The molecule has 1 rings (SSSR count). The Labute approximate surface area is 41.9 Å². The number of imidazole rings is 1. The van der Waals surface area contributed by atoms with Crippen molar-refractivity contribution in [3.63, 3.8) is 0 Å². The lowest BCUT2D eigenvalue weighted by atomic mass is 10.6. The van der Waals surface area contributed by atoms with E-state index in [4.69, 9.17) is 0 Å². The second-order valence-electron chi connectivity index (χ2n) is 1.24. The molecule has 1 heterocycles. The topological polar surface area (TPSA) is 29.9 Å². The summed E-state index contributed by atoms with van der Waals surface area (Å²) in [7, 11) is 0. The molecule has 0 saturated heterocycles. The number of aromatic nitrogens is 2. The zero-order chi connectivity index (χ0) is 5.11. The first-order valence-electron chi connectivity index (χ1n) is 2.11. The third-order valence-electron chi connectivity index (χ3n) is 0.765. The van der Waals surface area contributed by atoms with Crippen molar-refractivity contribution in [1.82, 2.24) is 4.98 Å². The molecule has 0 aliphatic heterocycles. The largest absolute Gasteiger partial charge is 0.276 e. The predicted molar refractivity (Wildman–Crippen MR) is 27.4 cm³/mol. The summed E-state index contributed by atoms with van der Waals surface area (Å²) in [5.74, 6) is 0.944. The van der Waals surface area contributed by atoms with Crippen molar-refractivity contribution in [2.45, 2.75) is 0 Å². The molecule has 2 heteroatoms. The van der Waals surface area contributed by atoms with E-state index in [1.807, 2.05) is 12.4 Å². The summed E-state index contributed by atoms with van der Waals surface area (Å²) in [6, 6.07) is 0. The average molecular weight is 95.1 g/mol. The van der Waals surface area contributed by atoms with E-state index in [0.717, 1.165) is 5.82 Å². The van der Waals surface area contributed by atoms with Gasteiger partial charge in [-0.1, -0.05) is 6.58 Å². The van der Waals surface area contributed by atoms with Gasteiger partial charge in [-0.2, -0.15) is 0 Å². The van der Waals surface area contributed by atoms with Crippen LogP contribution in [0.2, 0.25) is 0 Å². The minimum absolute atomic E-state index is 0.944. The maximum absolute atomic E-state index is 3.54. The van der Waals surface area contributed by atoms with Gasteiger partial charge in [0.25, 0.3) is 5.82 Å². The first kappa shape index (κ1) is 4.12. The van der Waals surface area contributed by atoms with Crippen LogP contribution in [0.1, 0.15) is 5.82 Å². The highest BCUT2D eigenvalue weighted by atomic mass is 14.9. The Morgan fingerprint density at radius 2 is 2.71 bits per heavy atom. The Morgan fingerprint density at radius 1 is 1.86 bits per heavy atom. The zero-order valence-corrected chi connectivity index (χ0v) is 3.94. The van der Waals surface area contributed by atoms with Crippen molar-refractivity contribution in [1.29, 1.82) is 0 Å². The van der Waals surface area contributed by atoms with Gasteiger partial charge >= 0.3 is 0 Å². The van der Waals surface area contributed by atoms with Gasteiger partial charge in [-0.3, -0.25) is 0 Å². The summed E-state index contributed by atoms with van der Waals surface area (Å²) in [5, 5.41) is 0. The number of hydrogen-bond donors (Lipinski definition) is 1. The molecule has 1 aromatic rings. The Balaban J connectivity index is 2.96. The summed E-state index contributed by atoms with van der Waals surface area (Å²) in [6.45, 7) is 3.54. The summed E-state index contributed by atoms with van der Waals surface area (Å²) in [5.41, 5.74) is 0. The molecule has 0 bridgehead atoms. The van der Waals surface area contributed by atoms with Crippen LogP contribution in [0.4, 0.5) is 0 Å². The number of hydrogen-bond acceptors (Lipinski definition) is 0. The van der Waals surface area contributed by atoms with Crippen molar-refractivity contribution in [3.8, 4) is 0 Å². The third-order valence-corrected chi connectivity index (χ3v) is 0.765. The van der Waals surface area contributed by atoms with E-state index in [1.165, 1.54) is 0 Å². The SMILES string of the molecule is C=Cc1[nH]cc[nH+]1. The molecule has 2 N–H and O–H groups in total. The maximum Gasteiger partial charge on any atom is 0.276 e. The van der Waals surface area contributed by atoms with Crippen LogP contribution in [0.3, 0.4) is 0 Å². The monoisotopic (exact) mass is 95.1 g/mol. The average Bonchev–Trinajstić information content (AvgIpc) is 2.14. The lowest BCUT2D eigenvalue weighted by molar-refractivity contribution is -0.378. The van der Waals surface area contributed by atoms with Crippen molar-refractivity contribution in [2.24, 2.45) is 0 Å². The zero-order valence-electron chi connectivity index (χ0n) is 3.94. The van der Waals surface area contributed by atoms with Gasteiger partial charge in [-0.25, -0.2) is 9.97 Å². The quantitative estimate of drug-likeness (QED) is 0.525. The van der Waals surface area contributed by atoms with Gasteiger partial charge < -0.3 is 0 Å². The van der Waals surface area contributed by atoms with Crippen LogP contribution in [-0.2, 0) is 0 Å². The maximum atomic E-state index is 3.54.